The van der Waals surface area contributed by atoms with E-state index in [4.69, 9.17) is 4.42 Å². The van der Waals surface area contributed by atoms with Crippen LogP contribution in [0.3, 0.4) is 0 Å². The molecule has 0 bridgehead atoms. The lowest BCUT2D eigenvalue weighted by molar-refractivity contribution is 0.0949. The third kappa shape index (κ3) is 4.32. The second kappa shape index (κ2) is 7.60. The maximum Gasteiger partial charge on any atom is 0.291 e. The molecule has 0 atom stereocenters. The SMILES string of the molecule is O=C(NCc1ccc(NC(=O)c2ccco2)cc1)c1cc(F)cc(F)c1. The Kier molecular flexibility index (Phi) is 5.07. The van der Waals surface area contributed by atoms with Crippen LogP contribution in [0.1, 0.15) is 26.5 Å². The van der Waals surface area contributed by atoms with Gasteiger partial charge in [-0.05, 0) is 42.0 Å². The lowest BCUT2D eigenvalue weighted by Crippen LogP contribution is -2.23. The van der Waals surface area contributed by atoms with Crippen molar-refractivity contribution in [3.63, 3.8) is 0 Å². The second-order valence-corrected chi connectivity index (χ2v) is 5.47. The van der Waals surface area contributed by atoms with Gasteiger partial charge in [0.25, 0.3) is 11.8 Å². The smallest absolute Gasteiger partial charge is 0.291 e. The van der Waals surface area contributed by atoms with Crippen LogP contribution in [0.2, 0.25) is 0 Å². The molecule has 2 N–H and O–H groups in total. The Morgan fingerprint density at radius 1 is 0.923 bits per heavy atom. The van der Waals surface area contributed by atoms with Crippen LogP contribution in [0, 0.1) is 11.6 Å². The van der Waals surface area contributed by atoms with Gasteiger partial charge in [0.2, 0.25) is 0 Å². The van der Waals surface area contributed by atoms with E-state index in [2.05, 4.69) is 10.6 Å². The maximum absolute atomic E-state index is 13.1. The minimum atomic E-state index is -0.813. The molecule has 0 aliphatic rings. The molecule has 7 heteroatoms. The number of benzene rings is 2. The van der Waals surface area contributed by atoms with Crippen LogP contribution in [0.25, 0.3) is 0 Å². The minimum Gasteiger partial charge on any atom is -0.459 e. The molecule has 0 saturated carbocycles. The maximum atomic E-state index is 13.1. The molecule has 3 aromatic rings. The van der Waals surface area contributed by atoms with Gasteiger partial charge in [0.05, 0.1) is 6.26 Å². The molecule has 3 rings (SSSR count). The van der Waals surface area contributed by atoms with Gasteiger partial charge >= 0.3 is 0 Å². The number of rotatable bonds is 5. The molecule has 1 heterocycles. The molecule has 26 heavy (non-hydrogen) atoms. The highest BCUT2D eigenvalue weighted by atomic mass is 19.1. The number of carbonyl (C=O) groups is 2. The summed E-state index contributed by atoms with van der Waals surface area (Å²) in [5.74, 6) is -2.38. The zero-order valence-corrected chi connectivity index (χ0v) is 13.5. The number of halogens is 2. The highest BCUT2D eigenvalue weighted by Crippen LogP contribution is 2.12. The van der Waals surface area contributed by atoms with Gasteiger partial charge in [0, 0.05) is 23.9 Å². The number of furan rings is 1. The molecule has 0 spiro atoms. The Morgan fingerprint density at radius 2 is 1.62 bits per heavy atom. The van der Waals surface area contributed by atoms with Gasteiger partial charge < -0.3 is 15.1 Å². The number of hydrogen-bond acceptors (Lipinski definition) is 3. The molecule has 5 nitrogen and oxygen atoms in total. The molecule has 2 amide bonds. The van der Waals surface area contributed by atoms with E-state index < -0.39 is 17.5 Å². The summed E-state index contributed by atoms with van der Waals surface area (Å²) < 4.78 is 31.3. The van der Waals surface area contributed by atoms with Crippen LogP contribution in [0.5, 0.6) is 0 Å². The summed E-state index contributed by atoms with van der Waals surface area (Å²) in [5.41, 5.74) is 1.23. The van der Waals surface area contributed by atoms with E-state index in [-0.39, 0.29) is 23.8 Å². The summed E-state index contributed by atoms with van der Waals surface area (Å²) in [6.07, 6.45) is 1.41. The normalized spacial score (nSPS) is 10.4. The number of nitrogens with one attached hydrogen (secondary N) is 2. The Labute approximate surface area is 147 Å². The first-order valence-electron chi connectivity index (χ1n) is 7.69. The number of anilines is 1. The Bertz CT molecular complexity index is 902. The Balaban J connectivity index is 1.57. The average molecular weight is 356 g/mol. The first-order chi connectivity index (χ1) is 12.5. The minimum absolute atomic E-state index is 0.0927. The van der Waals surface area contributed by atoms with E-state index in [0.29, 0.717) is 11.8 Å². The fourth-order valence-corrected chi connectivity index (χ4v) is 2.28. The zero-order valence-electron chi connectivity index (χ0n) is 13.5. The van der Waals surface area contributed by atoms with Crippen molar-refractivity contribution >= 4 is 17.5 Å². The molecule has 0 unspecified atom stereocenters. The van der Waals surface area contributed by atoms with Crippen molar-refractivity contribution in [2.24, 2.45) is 0 Å². The van der Waals surface area contributed by atoms with Gasteiger partial charge in [0.15, 0.2) is 5.76 Å². The van der Waals surface area contributed by atoms with Gasteiger partial charge in [-0.3, -0.25) is 9.59 Å². The Hall–Kier alpha value is -3.48. The average Bonchev–Trinajstić information content (AvgIpc) is 3.15. The van der Waals surface area contributed by atoms with Gasteiger partial charge in [-0.15, -0.1) is 0 Å². The van der Waals surface area contributed by atoms with Crippen molar-refractivity contribution in [3.8, 4) is 0 Å². The molecule has 1 aromatic heterocycles. The molecule has 132 valence electrons. The molecule has 0 radical (unpaired) electrons. The van der Waals surface area contributed by atoms with E-state index >= 15 is 0 Å². The van der Waals surface area contributed by atoms with Crippen molar-refractivity contribution < 1.29 is 22.8 Å². The molecular formula is C19H14F2N2O3. The first-order valence-corrected chi connectivity index (χ1v) is 7.69. The summed E-state index contributed by atoms with van der Waals surface area (Å²) >= 11 is 0. The van der Waals surface area contributed by atoms with Crippen molar-refractivity contribution in [1.82, 2.24) is 5.32 Å². The van der Waals surface area contributed by atoms with Crippen molar-refractivity contribution in [3.05, 3.63) is 89.4 Å². The topological polar surface area (TPSA) is 71.3 Å². The van der Waals surface area contributed by atoms with Crippen LogP contribution in [0.15, 0.2) is 65.3 Å². The standard InChI is InChI=1S/C19H14F2N2O3/c20-14-8-13(9-15(21)10-14)18(24)22-11-12-3-5-16(6-4-12)23-19(25)17-2-1-7-26-17/h1-10H,11H2,(H,22,24)(H,23,25). The highest BCUT2D eigenvalue weighted by Gasteiger charge is 2.10. The molecule has 2 aromatic carbocycles. The highest BCUT2D eigenvalue weighted by molar-refractivity contribution is 6.02. The summed E-state index contributed by atoms with van der Waals surface area (Å²) in [6.45, 7) is 0.170. The Morgan fingerprint density at radius 3 is 2.23 bits per heavy atom. The quantitative estimate of drug-likeness (QED) is 0.732. The summed E-state index contributed by atoms with van der Waals surface area (Å²) in [6, 6.07) is 12.6. The van der Waals surface area contributed by atoms with E-state index in [9.17, 15) is 18.4 Å². The molecule has 0 saturated heterocycles. The van der Waals surface area contributed by atoms with Gasteiger partial charge in [-0.1, -0.05) is 12.1 Å². The van der Waals surface area contributed by atoms with Crippen LogP contribution in [-0.2, 0) is 6.54 Å². The number of carbonyl (C=O) groups excluding carboxylic acids is 2. The van der Waals surface area contributed by atoms with Crippen molar-refractivity contribution in [2.45, 2.75) is 6.54 Å². The van der Waals surface area contributed by atoms with Crippen molar-refractivity contribution in [2.75, 3.05) is 5.32 Å². The third-order valence-corrected chi connectivity index (χ3v) is 3.53. The summed E-state index contributed by atoms with van der Waals surface area (Å²) in [5, 5.41) is 5.25. The molecule has 0 fully saturated rings. The van der Waals surface area contributed by atoms with Crippen LogP contribution in [0.4, 0.5) is 14.5 Å². The lowest BCUT2D eigenvalue weighted by Gasteiger charge is -2.08. The van der Waals surface area contributed by atoms with Crippen LogP contribution >= 0.6 is 0 Å². The van der Waals surface area contributed by atoms with Crippen LogP contribution in [-0.4, -0.2) is 11.8 Å². The predicted molar refractivity (Wildman–Crippen MR) is 90.6 cm³/mol. The lowest BCUT2D eigenvalue weighted by atomic mass is 10.1. The van der Waals surface area contributed by atoms with E-state index in [1.165, 1.54) is 6.26 Å². The number of hydrogen-bond donors (Lipinski definition) is 2. The van der Waals surface area contributed by atoms with Crippen molar-refractivity contribution in [1.29, 1.82) is 0 Å². The molecule has 0 aliphatic carbocycles. The summed E-state index contributed by atoms with van der Waals surface area (Å²) in [7, 11) is 0. The van der Waals surface area contributed by atoms with E-state index in [1.807, 2.05) is 0 Å². The largest absolute Gasteiger partial charge is 0.459 e. The molecule has 0 aliphatic heterocycles. The predicted octanol–water partition coefficient (Wildman–Crippen LogP) is 3.74. The van der Waals surface area contributed by atoms with E-state index in [1.54, 1.807) is 36.4 Å². The number of amides is 2. The van der Waals surface area contributed by atoms with E-state index in [0.717, 1.165) is 17.7 Å². The second-order valence-electron chi connectivity index (χ2n) is 5.47. The zero-order chi connectivity index (χ0) is 18.5. The fourth-order valence-electron chi connectivity index (χ4n) is 2.28. The first kappa shape index (κ1) is 17.3. The fraction of sp³-hybridized carbons (Fsp3) is 0.0526. The van der Waals surface area contributed by atoms with Gasteiger partial charge in [0.1, 0.15) is 11.6 Å². The third-order valence-electron chi connectivity index (χ3n) is 3.53. The van der Waals surface area contributed by atoms with Crippen LogP contribution < -0.4 is 10.6 Å². The van der Waals surface area contributed by atoms with Gasteiger partial charge in [-0.25, -0.2) is 8.78 Å². The monoisotopic (exact) mass is 356 g/mol. The van der Waals surface area contributed by atoms with Gasteiger partial charge in [-0.2, -0.15) is 0 Å². The summed E-state index contributed by atoms with van der Waals surface area (Å²) in [4.78, 5) is 23.8. The molecular weight excluding hydrogens is 342 g/mol.